The highest BCUT2D eigenvalue weighted by Gasteiger charge is 2.16. The molecule has 26 heavy (non-hydrogen) atoms. The summed E-state index contributed by atoms with van der Waals surface area (Å²) < 4.78 is 39.6. The number of halogens is 3. The molecule has 1 aromatic carbocycles. The average molecular weight is 370 g/mol. The van der Waals surface area contributed by atoms with Crippen LogP contribution in [-0.2, 0) is 4.79 Å². The van der Waals surface area contributed by atoms with Crippen molar-refractivity contribution < 1.29 is 18.0 Å². The third kappa shape index (κ3) is 5.93. The van der Waals surface area contributed by atoms with Crippen molar-refractivity contribution in [2.75, 3.05) is 25.5 Å². The Bertz CT molecular complexity index is 646. The second-order valence-corrected chi connectivity index (χ2v) is 6.42. The second kappa shape index (κ2) is 10.0. The number of anilines is 1. The van der Waals surface area contributed by atoms with Gasteiger partial charge in [-0.05, 0) is 30.9 Å². The molecule has 1 saturated carbocycles. The molecule has 0 aliphatic heterocycles. The van der Waals surface area contributed by atoms with Gasteiger partial charge in [-0.25, -0.2) is 13.2 Å². The summed E-state index contributed by atoms with van der Waals surface area (Å²) in [6, 6.07) is 1.73. The van der Waals surface area contributed by atoms with E-state index in [0.717, 1.165) is 31.0 Å². The SMILES string of the molecule is CN=C(NCCCC1CCCC1)NCC(=O)Nc1ccc(F)c(F)c1F. The van der Waals surface area contributed by atoms with Crippen molar-refractivity contribution >= 4 is 17.6 Å². The van der Waals surface area contributed by atoms with Crippen LogP contribution in [0.1, 0.15) is 38.5 Å². The Balaban J connectivity index is 1.70. The van der Waals surface area contributed by atoms with Gasteiger partial charge in [0.05, 0.1) is 12.2 Å². The zero-order valence-electron chi connectivity index (χ0n) is 14.9. The fraction of sp³-hybridized carbons (Fsp3) is 0.556. The van der Waals surface area contributed by atoms with E-state index in [2.05, 4.69) is 20.9 Å². The number of guanidine groups is 1. The highest BCUT2D eigenvalue weighted by atomic mass is 19.2. The Morgan fingerprint density at radius 1 is 1.15 bits per heavy atom. The van der Waals surface area contributed by atoms with Gasteiger partial charge in [0.1, 0.15) is 0 Å². The predicted octanol–water partition coefficient (Wildman–Crippen LogP) is 3.18. The minimum absolute atomic E-state index is 0.180. The molecular weight excluding hydrogens is 345 g/mol. The van der Waals surface area contributed by atoms with Gasteiger partial charge < -0.3 is 16.0 Å². The van der Waals surface area contributed by atoms with Crippen LogP contribution in [0.25, 0.3) is 0 Å². The number of nitrogens with one attached hydrogen (secondary N) is 3. The largest absolute Gasteiger partial charge is 0.356 e. The van der Waals surface area contributed by atoms with E-state index in [1.165, 1.54) is 32.1 Å². The molecule has 8 heteroatoms. The Morgan fingerprint density at radius 3 is 2.58 bits per heavy atom. The monoisotopic (exact) mass is 370 g/mol. The highest BCUT2D eigenvalue weighted by molar-refractivity contribution is 5.95. The molecule has 0 radical (unpaired) electrons. The predicted molar refractivity (Wildman–Crippen MR) is 95.5 cm³/mol. The number of carbonyl (C=O) groups is 1. The first-order valence-electron chi connectivity index (χ1n) is 8.89. The number of carbonyl (C=O) groups excluding carboxylic acids is 1. The summed E-state index contributed by atoms with van der Waals surface area (Å²) in [6.07, 6.45) is 7.49. The molecule has 0 atom stereocenters. The Labute approximate surface area is 151 Å². The van der Waals surface area contributed by atoms with Crippen molar-refractivity contribution in [3.8, 4) is 0 Å². The summed E-state index contributed by atoms with van der Waals surface area (Å²) in [5, 5.41) is 8.11. The number of rotatable bonds is 7. The second-order valence-electron chi connectivity index (χ2n) is 6.42. The molecule has 3 N–H and O–H groups in total. The molecule has 0 unspecified atom stereocenters. The van der Waals surface area contributed by atoms with Crippen LogP contribution >= 0.6 is 0 Å². The van der Waals surface area contributed by atoms with E-state index in [0.29, 0.717) is 5.96 Å². The van der Waals surface area contributed by atoms with Crippen LogP contribution in [0, 0.1) is 23.4 Å². The molecule has 1 aliphatic rings. The lowest BCUT2D eigenvalue weighted by atomic mass is 10.0. The quantitative estimate of drug-likeness (QED) is 0.299. The fourth-order valence-corrected chi connectivity index (χ4v) is 3.10. The van der Waals surface area contributed by atoms with Crippen LogP contribution < -0.4 is 16.0 Å². The molecule has 0 heterocycles. The minimum atomic E-state index is -1.62. The van der Waals surface area contributed by atoms with Gasteiger partial charge in [-0.2, -0.15) is 0 Å². The van der Waals surface area contributed by atoms with Gasteiger partial charge >= 0.3 is 0 Å². The van der Waals surface area contributed by atoms with E-state index >= 15 is 0 Å². The first-order chi connectivity index (χ1) is 12.5. The smallest absolute Gasteiger partial charge is 0.243 e. The summed E-state index contributed by atoms with van der Waals surface area (Å²) in [5.74, 6) is -3.66. The topological polar surface area (TPSA) is 65.5 Å². The summed E-state index contributed by atoms with van der Waals surface area (Å²) in [7, 11) is 1.58. The van der Waals surface area contributed by atoms with Crippen molar-refractivity contribution in [3.05, 3.63) is 29.6 Å². The number of aliphatic imine (C=N–C) groups is 1. The average Bonchev–Trinajstić information content (AvgIpc) is 3.15. The first-order valence-corrected chi connectivity index (χ1v) is 8.89. The third-order valence-corrected chi connectivity index (χ3v) is 4.51. The van der Waals surface area contributed by atoms with Crippen molar-refractivity contribution in [2.24, 2.45) is 10.9 Å². The number of nitrogens with zero attached hydrogens (tertiary/aromatic N) is 1. The van der Waals surface area contributed by atoms with Gasteiger partial charge in [0.25, 0.3) is 0 Å². The molecule has 1 amide bonds. The van der Waals surface area contributed by atoms with Crippen molar-refractivity contribution in [2.45, 2.75) is 38.5 Å². The molecule has 2 rings (SSSR count). The number of hydrogen-bond donors (Lipinski definition) is 3. The molecule has 1 fully saturated rings. The van der Waals surface area contributed by atoms with Crippen molar-refractivity contribution in [1.82, 2.24) is 10.6 Å². The number of amides is 1. The van der Waals surface area contributed by atoms with E-state index in [4.69, 9.17) is 0 Å². The molecule has 1 aromatic rings. The van der Waals surface area contributed by atoms with Gasteiger partial charge in [-0.1, -0.05) is 25.7 Å². The van der Waals surface area contributed by atoms with Crippen molar-refractivity contribution in [1.29, 1.82) is 0 Å². The van der Waals surface area contributed by atoms with Gasteiger partial charge in [-0.3, -0.25) is 9.79 Å². The van der Waals surface area contributed by atoms with E-state index in [1.54, 1.807) is 7.05 Å². The Morgan fingerprint density at radius 2 is 1.88 bits per heavy atom. The molecule has 0 saturated heterocycles. The van der Waals surface area contributed by atoms with Crippen LogP contribution in [0.3, 0.4) is 0 Å². The summed E-state index contributed by atoms with van der Waals surface area (Å²) in [5.41, 5.74) is -0.407. The van der Waals surface area contributed by atoms with Crippen LogP contribution in [0.5, 0.6) is 0 Å². The molecule has 1 aliphatic carbocycles. The fourth-order valence-electron chi connectivity index (χ4n) is 3.10. The molecule has 5 nitrogen and oxygen atoms in total. The van der Waals surface area contributed by atoms with Gasteiger partial charge in [-0.15, -0.1) is 0 Å². The Hall–Kier alpha value is -2.25. The summed E-state index contributed by atoms with van der Waals surface area (Å²) in [4.78, 5) is 15.9. The molecule has 144 valence electrons. The maximum absolute atomic E-state index is 13.5. The summed E-state index contributed by atoms with van der Waals surface area (Å²) >= 11 is 0. The van der Waals surface area contributed by atoms with Crippen LogP contribution in [-0.4, -0.2) is 32.0 Å². The maximum Gasteiger partial charge on any atom is 0.243 e. The molecule has 0 spiro atoms. The Kier molecular flexibility index (Phi) is 7.74. The maximum atomic E-state index is 13.5. The van der Waals surface area contributed by atoms with E-state index < -0.39 is 29.0 Å². The van der Waals surface area contributed by atoms with Gasteiger partial charge in [0.2, 0.25) is 5.91 Å². The molecular formula is C18H25F3N4O. The van der Waals surface area contributed by atoms with Gasteiger partial charge in [0.15, 0.2) is 23.4 Å². The molecule has 0 aromatic heterocycles. The zero-order valence-corrected chi connectivity index (χ0v) is 14.9. The van der Waals surface area contributed by atoms with E-state index in [1.807, 2.05) is 0 Å². The van der Waals surface area contributed by atoms with Crippen LogP contribution in [0.2, 0.25) is 0 Å². The lowest BCUT2D eigenvalue weighted by Crippen LogP contribution is -2.41. The third-order valence-electron chi connectivity index (χ3n) is 4.51. The first kappa shape index (κ1) is 20.1. The normalized spacial score (nSPS) is 15.2. The number of benzene rings is 1. The van der Waals surface area contributed by atoms with Gasteiger partial charge in [0, 0.05) is 13.6 Å². The van der Waals surface area contributed by atoms with E-state index in [9.17, 15) is 18.0 Å². The standard InChI is InChI=1S/C18H25F3N4O/c1-22-18(23-10-4-7-12-5-2-3-6-12)24-11-15(26)25-14-9-8-13(19)16(20)17(14)21/h8-9,12H,2-7,10-11H2,1H3,(H,25,26)(H2,22,23,24). The summed E-state index contributed by atoms with van der Waals surface area (Å²) in [6.45, 7) is 0.566. The molecule has 0 bridgehead atoms. The van der Waals surface area contributed by atoms with E-state index in [-0.39, 0.29) is 6.54 Å². The lowest BCUT2D eigenvalue weighted by Gasteiger charge is -2.13. The zero-order chi connectivity index (χ0) is 18.9. The van der Waals surface area contributed by atoms with Crippen LogP contribution in [0.4, 0.5) is 18.9 Å². The highest BCUT2D eigenvalue weighted by Crippen LogP contribution is 2.28. The minimum Gasteiger partial charge on any atom is -0.356 e. The van der Waals surface area contributed by atoms with Crippen molar-refractivity contribution in [3.63, 3.8) is 0 Å². The number of hydrogen-bond acceptors (Lipinski definition) is 2. The lowest BCUT2D eigenvalue weighted by molar-refractivity contribution is -0.115. The van der Waals surface area contributed by atoms with Crippen LogP contribution in [0.15, 0.2) is 17.1 Å².